The highest BCUT2D eigenvalue weighted by Gasteiger charge is 2.12. The molecule has 0 radical (unpaired) electrons. The molecule has 1 fully saturated rings. The van der Waals surface area contributed by atoms with Gasteiger partial charge in [0.05, 0.1) is 6.54 Å². The lowest BCUT2D eigenvalue weighted by Crippen LogP contribution is -2.44. The lowest BCUT2D eigenvalue weighted by molar-refractivity contribution is 0.168. The topological polar surface area (TPSA) is 65.1 Å². The highest BCUT2D eigenvalue weighted by Crippen LogP contribution is 2.24. The van der Waals surface area contributed by atoms with Crippen molar-refractivity contribution in [1.29, 1.82) is 0 Å². The summed E-state index contributed by atoms with van der Waals surface area (Å²) in [5, 5.41) is 16.3. The monoisotopic (exact) mass is 424 g/mol. The fourth-order valence-electron chi connectivity index (χ4n) is 3.93. The molecule has 160 valence electrons. The summed E-state index contributed by atoms with van der Waals surface area (Å²) in [6.45, 7) is 5.00. The predicted octanol–water partition coefficient (Wildman–Crippen LogP) is 3.54. The van der Waals surface area contributed by atoms with Crippen LogP contribution in [0.2, 0.25) is 0 Å². The molecule has 5 rings (SSSR count). The second-order valence-corrected chi connectivity index (χ2v) is 8.10. The van der Waals surface area contributed by atoms with E-state index >= 15 is 0 Å². The van der Waals surface area contributed by atoms with E-state index in [2.05, 4.69) is 38.8 Å². The highest BCUT2D eigenvalue weighted by molar-refractivity contribution is 5.85. The van der Waals surface area contributed by atoms with Crippen LogP contribution in [0.25, 0.3) is 33.2 Å². The van der Waals surface area contributed by atoms with Gasteiger partial charge in [-0.3, -0.25) is 9.88 Å². The largest absolute Gasteiger partial charge is 0.454 e. The molecule has 6 heteroatoms. The van der Waals surface area contributed by atoms with Gasteiger partial charge in [-0.05, 0) is 36.7 Å². The molecular formula is C26H24N4O2. The Bertz CT molecular complexity index is 1410. The van der Waals surface area contributed by atoms with Crippen molar-refractivity contribution in [3.63, 3.8) is 0 Å². The number of fused-ring (bicyclic) bond motifs is 2. The maximum atomic E-state index is 9.58. The first kappa shape index (κ1) is 20.3. The summed E-state index contributed by atoms with van der Waals surface area (Å²) in [5.74, 6) is 7.06. The zero-order valence-corrected chi connectivity index (χ0v) is 18.0. The molecule has 0 spiro atoms. The van der Waals surface area contributed by atoms with E-state index in [0.717, 1.165) is 54.4 Å². The number of nitrogens with zero attached hydrogens (tertiary/aromatic N) is 4. The molecule has 2 aromatic carbocycles. The molecule has 0 unspecified atom stereocenters. The number of piperazine rings is 1. The van der Waals surface area contributed by atoms with Gasteiger partial charge in [0.2, 0.25) is 0 Å². The molecule has 0 atom stereocenters. The van der Waals surface area contributed by atoms with Gasteiger partial charge in [0.1, 0.15) is 16.6 Å². The van der Waals surface area contributed by atoms with E-state index in [0.29, 0.717) is 22.4 Å². The smallest absolute Gasteiger partial charge is 0.155 e. The van der Waals surface area contributed by atoms with Gasteiger partial charge >= 0.3 is 0 Å². The number of hydrogen-bond acceptors (Lipinski definition) is 6. The number of likely N-dealkylation sites (N-methyl/N-ethyl adjacent to an activating group) is 1. The molecule has 32 heavy (non-hydrogen) atoms. The zero-order valence-electron chi connectivity index (χ0n) is 18.0. The van der Waals surface area contributed by atoms with Gasteiger partial charge < -0.3 is 14.5 Å². The van der Waals surface area contributed by atoms with Crippen LogP contribution in [0.15, 0.2) is 70.4 Å². The second kappa shape index (κ2) is 8.83. The summed E-state index contributed by atoms with van der Waals surface area (Å²) in [7, 11) is 2.15. The van der Waals surface area contributed by atoms with Gasteiger partial charge in [0.15, 0.2) is 5.76 Å². The minimum Gasteiger partial charge on any atom is -0.454 e. The molecule has 0 bridgehead atoms. The average Bonchev–Trinajstić information content (AvgIpc) is 2.84. The van der Waals surface area contributed by atoms with Crippen LogP contribution in [0.5, 0.6) is 0 Å². The molecule has 1 aliphatic rings. The van der Waals surface area contributed by atoms with Crippen LogP contribution in [0.3, 0.4) is 0 Å². The number of hydrogen-bond donors (Lipinski definition) is 1. The molecule has 1 aliphatic heterocycles. The van der Waals surface area contributed by atoms with Crippen LogP contribution in [0, 0.1) is 11.8 Å². The van der Waals surface area contributed by atoms with E-state index in [1.807, 2.05) is 54.7 Å². The van der Waals surface area contributed by atoms with Gasteiger partial charge in [-0.15, -0.1) is 0 Å². The molecule has 1 saturated heterocycles. The number of aromatic nitrogens is 1. The third-order valence-corrected chi connectivity index (χ3v) is 5.87. The van der Waals surface area contributed by atoms with Crippen molar-refractivity contribution in [2.45, 2.75) is 0 Å². The summed E-state index contributed by atoms with van der Waals surface area (Å²) in [4.78, 5) is 9.23. The number of benzene rings is 2. The summed E-state index contributed by atoms with van der Waals surface area (Å²) < 4.78 is 6.17. The second-order valence-electron chi connectivity index (χ2n) is 8.10. The van der Waals surface area contributed by atoms with Gasteiger partial charge in [-0.2, -0.15) is 0 Å². The molecule has 4 aromatic rings. The summed E-state index contributed by atoms with van der Waals surface area (Å²) in [6, 6.07) is 17.4. The Morgan fingerprint density at radius 1 is 1.03 bits per heavy atom. The quantitative estimate of drug-likeness (QED) is 0.303. The van der Waals surface area contributed by atoms with Crippen LogP contribution in [-0.2, 0) is 0 Å². The maximum Gasteiger partial charge on any atom is 0.155 e. The summed E-state index contributed by atoms with van der Waals surface area (Å²) in [6.07, 6.45) is 1.82. The van der Waals surface area contributed by atoms with Crippen molar-refractivity contribution in [2.24, 2.45) is 5.16 Å². The van der Waals surface area contributed by atoms with Gasteiger partial charge in [-0.25, -0.2) is 0 Å². The Hall–Kier alpha value is -3.66. The molecule has 1 N–H and O–H groups in total. The Morgan fingerprint density at radius 2 is 1.84 bits per heavy atom. The average molecular weight is 425 g/mol. The number of rotatable bonds is 2. The van der Waals surface area contributed by atoms with Gasteiger partial charge in [-0.1, -0.05) is 41.3 Å². The predicted molar refractivity (Wildman–Crippen MR) is 125 cm³/mol. The van der Waals surface area contributed by atoms with Crippen LogP contribution in [0.1, 0.15) is 5.56 Å². The third-order valence-electron chi connectivity index (χ3n) is 5.87. The van der Waals surface area contributed by atoms with E-state index in [9.17, 15) is 5.21 Å². The van der Waals surface area contributed by atoms with Crippen LogP contribution >= 0.6 is 0 Å². The first-order valence-corrected chi connectivity index (χ1v) is 10.7. The van der Waals surface area contributed by atoms with Crippen LogP contribution in [0.4, 0.5) is 0 Å². The first-order chi connectivity index (χ1) is 15.7. The standard InChI is InChI=1S/C26H24N4O2/c1-29-11-13-30(14-12-29)10-4-5-19-8-9-22-23(28-31)17-26(32-25(22)15-19)24-16-20-6-2-3-7-21(20)18-27-24/h2-3,6-9,15-18,31H,10-14H2,1H3/b28-23+. The normalized spacial score (nSPS) is 15.7. The van der Waals surface area contributed by atoms with E-state index in [1.54, 1.807) is 6.07 Å². The third kappa shape index (κ3) is 4.22. The van der Waals surface area contributed by atoms with Gasteiger partial charge in [0, 0.05) is 54.8 Å². The zero-order chi connectivity index (χ0) is 21.9. The van der Waals surface area contributed by atoms with Gasteiger partial charge in [0.25, 0.3) is 0 Å². The Morgan fingerprint density at radius 3 is 2.66 bits per heavy atom. The van der Waals surface area contributed by atoms with E-state index < -0.39 is 0 Å². The Balaban J connectivity index is 1.47. The number of pyridine rings is 1. The lowest BCUT2D eigenvalue weighted by atomic mass is 10.1. The van der Waals surface area contributed by atoms with Crippen molar-refractivity contribution in [3.8, 4) is 23.3 Å². The lowest BCUT2D eigenvalue weighted by Gasteiger charge is -2.30. The van der Waals surface area contributed by atoms with E-state index in [-0.39, 0.29) is 0 Å². The van der Waals surface area contributed by atoms with Crippen molar-refractivity contribution < 1.29 is 9.62 Å². The fourth-order valence-corrected chi connectivity index (χ4v) is 3.93. The fraction of sp³-hybridized carbons (Fsp3) is 0.231. The maximum absolute atomic E-state index is 9.58. The minimum atomic E-state index is 0.438. The highest BCUT2D eigenvalue weighted by atomic mass is 16.4. The first-order valence-electron chi connectivity index (χ1n) is 10.7. The van der Waals surface area contributed by atoms with E-state index in [1.165, 1.54) is 0 Å². The van der Waals surface area contributed by atoms with Crippen molar-refractivity contribution in [2.75, 3.05) is 39.8 Å². The van der Waals surface area contributed by atoms with Crippen LogP contribution in [-0.4, -0.2) is 59.8 Å². The molecule has 3 heterocycles. The molecule has 0 amide bonds. The summed E-state index contributed by atoms with van der Waals surface area (Å²) >= 11 is 0. The van der Waals surface area contributed by atoms with Crippen molar-refractivity contribution in [3.05, 3.63) is 71.7 Å². The summed E-state index contributed by atoms with van der Waals surface area (Å²) in [5.41, 5.74) is 2.15. The Labute approximate surface area is 186 Å². The molecule has 0 saturated carbocycles. The Kier molecular flexibility index (Phi) is 5.59. The minimum absolute atomic E-state index is 0.438. The van der Waals surface area contributed by atoms with Crippen molar-refractivity contribution >= 4 is 21.7 Å². The molecule has 6 nitrogen and oxygen atoms in total. The molecular weight excluding hydrogens is 400 g/mol. The molecule has 2 aromatic heterocycles. The molecule has 0 aliphatic carbocycles. The van der Waals surface area contributed by atoms with Crippen LogP contribution < -0.4 is 5.36 Å². The SMILES string of the molecule is CN1CCN(CC#Cc2ccc3/c(=N/O)cc(-c4cc5ccccc5cn4)oc3c2)CC1. The van der Waals surface area contributed by atoms with Crippen molar-refractivity contribution in [1.82, 2.24) is 14.8 Å². The van der Waals surface area contributed by atoms with E-state index in [4.69, 9.17) is 4.42 Å².